The number of hydrogen-bond donors (Lipinski definition) is 2. The van der Waals surface area contributed by atoms with Crippen molar-refractivity contribution >= 4 is 12.0 Å². The van der Waals surface area contributed by atoms with Crippen LogP contribution in [0.5, 0.6) is 0 Å². The number of nitrogens with one attached hydrogen (secondary N) is 1. The average Bonchev–Trinajstić information content (AvgIpc) is 2.46. The molecule has 6 heteroatoms. The molecule has 0 aromatic heterocycles. The largest absolute Gasteiger partial charge is 0.480 e. The second kappa shape index (κ2) is 7.64. The molecule has 0 saturated carbocycles. The molecule has 0 unspecified atom stereocenters. The topological polar surface area (TPSA) is 72.9 Å². The van der Waals surface area contributed by atoms with Crippen LogP contribution in [-0.4, -0.2) is 65.2 Å². The van der Waals surface area contributed by atoms with Crippen LogP contribution >= 0.6 is 0 Å². The van der Waals surface area contributed by atoms with Crippen molar-refractivity contribution in [3.05, 3.63) is 0 Å². The summed E-state index contributed by atoms with van der Waals surface area (Å²) in [5.74, 6) is -0.501. The Hall–Kier alpha value is -1.30. The zero-order valence-corrected chi connectivity index (χ0v) is 13.7. The van der Waals surface area contributed by atoms with Gasteiger partial charge in [0.15, 0.2) is 0 Å². The Morgan fingerprint density at radius 1 is 1.29 bits per heavy atom. The van der Waals surface area contributed by atoms with Crippen molar-refractivity contribution in [1.82, 2.24) is 15.1 Å². The van der Waals surface area contributed by atoms with Crippen molar-refractivity contribution in [2.75, 3.05) is 32.7 Å². The number of carboxylic acids is 1. The Balaban J connectivity index is 2.47. The molecule has 122 valence electrons. The third-order valence-corrected chi connectivity index (χ3v) is 4.46. The summed E-state index contributed by atoms with van der Waals surface area (Å²) >= 11 is 0. The first kappa shape index (κ1) is 17.8. The Kier molecular flexibility index (Phi) is 6.45. The first-order chi connectivity index (χ1) is 9.82. The maximum Gasteiger partial charge on any atom is 0.329 e. The maximum absolute atomic E-state index is 12.2. The molecule has 2 N–H and O–H groups in total. The maximum atomic E-state index is 12.2. The molecule has 0 radical (unpaired) electrons. The van der Waals surface area contributed by atoms with E-state index in [0.29, 0.717) is 19.0 Å². The van der Waals surface area contributed by atoms with Crippen molar-refractivity contribution in [1.29, 1.82) is 0 Å². The highest BCUT2D eigenvalue weighted by Crippen LogP contribution is 2.17. The van der Waals surface area contributed by atoms with Gasteiger partial charge in [-0.1, -0.05) is 6.92 Å². The van der Waals surface area contributed by atoms with E-state index in [1.165, 1.54) is 4.90 Å². The van der Waals surface area contributed by atoms with Crippen LogP contribution in [-0.2, 0) is 4.79 Å². The molecule has 0 aromatic carbocycles. The van der Waals surface area contributed by atoms with Gasteiger partial charge in [0, 0.05) is 13.1 Å². The number of hydrogen-bond acceptors (Lipinski definition) is 3. The van der Waals surface area contributed by atoms with Gasteiger partial charge in [-0.05, 0) is 59.2 Å². The fraction of sp³-hybridized carbons (Fsp3) is 0.867. The van der Waals surface area contributed by atoms with Gasteiger partial charge < -0.3 is 20.2 Å². The minimum absolute atomic E-state index is 0.289. The molecular formula is C15H29N3O3. The number of aliphatic carboxylic acids is 1. The average molecular weight is 299 g/mol. The summed E-state index contributed by atoms with van der Waals surface area (Å²) in [7, 11) is 0. The van der Waals surface area contributed by atoms with Crippen molar-refractivity contribution in [2.24, 2.45) is 5.92 Å². The Morgan fingerprint density at radius 3 is 2.29 bits per heavy atom. The monoisotopic (exact) mass is 299 g/mol. The number of amides is 2. The normalized spacial score (nSPS) is 17.5. The molecule has 0 aromatic rings. The molecule has 2 amide bonds. The Morgan fingerprint density at radius 2 is 1.86 bits per heavy atom. The lowest BCUT2D eigenvalue weighted by Crippen LogP contribution is -2.56. The quantitative estimate of drug-likeness (QED) is 0.781. The zero-order chi connectivity index (χ0) is 16.0. The molecule has 1 aliphatic rings. The first-order valence-corrected chi connectivity index (χ1v) is 7.84. The third-order valence-electron chi connectivity index (χ3n) is 4.46. The summed E-state index contributed by atoms with van der Waals surface area (Å²) in [6.45, 7) is 11.3. The van der Waals surface area contributed by atoms with Gasteiger partial charge >= 0.3 is 12.0 Å². The number of piperidine rings is 1. The number of likely N-dealkylation sites (N-methyl/N-ethyl adjacent to an activating group) is 1. The molecule has 1 fully saturated rings. The van der Waals surface area contributed by atoms with E-state index in [9.17, 15) is 14.7 Å². The van der Waals surface area contributed by atoms with Crippen molar-refractivity contribution in [3.8, 4) is 0 Å². The van der Waals surface area contributed by atoms with E-state index < -0.39 is 11.5 Å². The van der Waals surface area contributed by atoms with Gasteiger partial charge in [-0.15, -0.1) is 0 Å². The van der Waals surface area contributed by atoms with E-state index in [2.05, 4.69) is 17.1 Å². The Labute approximate surface area is 127 Å². The van der Waals surface area contributed by atoms with E-state index in [1.807, 2.05) is 0 Å². The predicted octanol–water partition coefficient (Wildman–Crippen LogP) is 1.61. The Bertz CT molecular complexity index is 363. The number of nitrogens with zero attached hydrogens (tertiary/aromatic N) is 2. The van der Waals surface area contributed by atoms with Crippen LogP contribution in [0.25, 0.3) is 0 Å². The molecule has 1 heterocycles. The minimum Gasteiger partial charge on any atom is -0.480 e. The highest BCUT2D eigenvalue weighted by molar-refractivity contribution is 5.85. The minimum atomic E-state index is -1.19. The summed E-state index contributed by atoms with van der Waals surface area (Å²) < 4.78 is 0. The van der Waals surface area contributed by atoms with Crippen molar-refractivity contribution in [2.45, 2.75) is 46.1 Å². The lowest BCUT2D eigenvalue weighted by molar-refractivity contribution is -0.147. The van der Waals surface area contributed by atoms with Gasteiger partial charge in [0.2, 0.25) is 0 Å². The van der Waals surface area contributed by atoms with E-state index in [1.54, 1.807) is 20.8 Å². The van der Waals surface area contributed by atoms with Crippen molar-refractivity contribution < 1.29 is 14.7 Å². The fourth-order valence-corrected chi connectivity index (χ4v) is 2.74. The second-order valence-electron chi connectivity index (χ2n) is 6.17. The number of carboxylic acid groups (broad SMARTS) is 1. The highest BCUT2D eigenvalue weighted by atomic mass is 16.4. The first-order valence-electron chi connectivity index (χ1n) is 7.84. The molecule has 0 aliphatic carbocycles. The zero-order valence-electron chi connectivity index (χ0n) is 13.7. The smallest absolute Gasteiger partial charge is 0.329 e. The third kappa shape index (κ3) is 4.59. The van der Waals surface area contributed by atoms with Crippen LogP contribution in [0.1, 0.15) is 40.5 Å². The summed E-state index contributed by atoms with van der Waals surface area (Å²) in [4.78, 5) is 27.3. The summed E-state index contributed by atoms with van der Waals surface area (Å²) in [6, 6.07) is -0.289. The van der Waals surface area contributed by atoms with E-state index in [-0.39, 0.29) is 6.03 Å². The van der Waals surface area contributed by atoms with Gasteiger partial charge in [-0.25, -0.2) is 9.59 Å². The lowest BCUT2D eigenvalue weighted by Gasteiger charge is -2.35. The molecule has 1 saturated heterocycles. The van der Waals surface area contributed by atoms with E-state index in [0.717, 1.165) is 32.5 Å². The van der Waals surface area contributed by atoms with Crippen LogP contribution in [0, 0.1) is 5.92 Å². The van der Waals surface area contributed by atoms with Crippen LogP contribution < -0.4 is 5.32 Å². The van der Waals surface area contributed by atoms with Gasteiger partial charge in [0.1, 0.15) is 5.54 Å². The second-order valence-corrected chi connectivity index (χ2v) is 6.17. The summed E-state index contributed by atoms with van der Waals surface area (Å²) in [5.41, 5.74) is -1.19. The molecule has 0 spiro atoms. The lowest BCUT2D eigenvalue weighted by atomic mass is 9.97. The number of urea groups is 1. The van der Waals surface area contributed by atoms with Crippen LogP contribution in [0.4, 0.5) is 4.79 Å². The van der Waals surface area contributed by atoms with Crippen molar-refractivity contribution in [3.63, 3.8) is 0 Å². The van der Waals surface area contributed by atoms with E-state index in [4.69, 9.17) is 0 Å². The SMILES string of the molecule is CCN1CCC(CNC(=O)N(CC)C(C)(C)C(=O)O)CC1. The highest BCUT2D eigenvalue weighted by Gasteiger charge is 2.37. The molecule has 1 aliphatic heterocycles. The number of rotatable bonds is 6. The fourth-order valence-electron chi connectivity index (χ4n) is 2.74. The molecule has 6 nitrogen and oxygen atoms in total. The number of carbonyl (C=O) groups excluding carboxylic acids is 1. The number of carbonyl (C=O) groups is 2. The molecule has 1 rings (SSSR count). The van der Waals surface area contributed by atoms with Gasteiger partial charge in [0.05, 0.1) is 0 Å². The molecule has 21 heavy (non-hydrogen) atoms. The summed E-state index contributed by atoms with van der Waals surface area (Å²) in [6.07, 6.45) is 2.17. The van der Waals surface area contributed by atoms with Crippen LogP contribution in [0.15, 0.2) is 0 Å². The van der Waals surface area contributed by atoms with Gasteiger partial charge in [0.25, 0.3) is 0 Å². The number of likely N-dealkylation sites (tertiary alicyclic amines) is 1. The molecule has 0 atom stereocenters. The van der Waals surface area contributed by atoms with Crippen LogP contribution in [0.3, 0.4) is 0 Å². The summed E-state index contributed by atoms with van der Waals surface area (Å²) in [5, 5.41) is 12.1. The van der Waals surface area contributed by atoms with Gasteiger partial charge in [-0.2, -0.15) is 0 Å². The van der Waals surface area contributed by atoms with Crippen LogP contribution in [0.2, 0.25) is 0 Å². The molecular weight excluding hydrogens is 270 g/mol. The van der Waals surface area contributed by atoms with Gasteiger partial charge in [-0.3, -0.25) is 0 Å². The standard InChI is InChI=1S/C15H29N3O3/c1-5-17-9-7-12(8-10-17)11-16-14(21)18(6-2)15(3,4)13(19)20/h12H,5-11H2,1-4H3,(H,16,21)(H,19,20). The van der Waals surface area contributed by atoms with E-state index >= 15 is 0 Å². The molecule has 0 bridgehead atoms. The predicted molar refractivity (Wildman–Crippen MR) is 82.3 cm³/mol.